The fraction of sp³-hybridized carbons (Fsp3) is 0.345. The second-order valence-electron chi connectivity index (χ2n) is 8.34. The first-order valence-electron chi connectivity index (χ1n) is 12.5. The van der Waals surface area contributed by atoms with Crippen molar-refractivity contribution in [3.05, 3.63) is 71.0 Å². The highest BCUT2D eigenvalue weighted by molar-refractivity contribution is 5.96. The van der Waals surface area contributed by atoms with Crippen LogP contribution in [-0.2, 0) is 22.6 Å². The molecule has 0 aliphatic heterocycles. The van der Waals surface area contributed by atoms with E-state index in [9.17, 15) is 9.18 Å². The van der Waals surface area contributed by atoms with Crippen molar-refractivity contribution < 1.29 is 42.3 Å². The van der Waals surface area contributed by atoms with Gasteiger partial charge in [-0.15, -0.1) is 0 Å². The van der Waals surface area contributed by atoms with Crippen LogP contribution in [0.4, 0.5) is 10.1 Å². The lowest BCUT2D eigenvalue weighted by Gasteiger charge is -2.16. The molecule has 0 saturated heterocycles. The molecule has 0 aromatic heterocycles. The highest BCUT2D eigenvalue weighted by Crippen LogP contribution is 2.30. The van der Waals surface area contributed by atoms with Gasteiger partial charge in [0.05, 0.1) is 47.3 Å². The van der Waals surface area contributed by atoms with Crippen LogP contribution in [0.15, 0.2) is 48.5 Å². The predicted molar refractivity (Wildman–Crippen MR) is 147 cm³/mol. The molecule has 0 unspecified atom stereocenters. The van der Waals surface area contributed by atoms with Gasteiger partial charge in [-0.2, -0.15) is 0 Å². The summed E-state index contributed by atoms with van der Waals surface area (Å²) < 4.78 is 52.6. The molecule has 11 heteroatoms. The largest absolute Gasteiger partial charge is 0.497 e. The molecular weight excluding hydrogens is 523 g/mol. The van der Waals surface area contributed by atoms with E-state index in [-0.39, 0.29) is 36.8 Å². The van der Waals surface area contributed by atoms with Gasteiger partial charge in [-0.3, -0.25) is 0 Å². The van der Waals surface area contributed by atoms with Crippen molar-refractivity contribution in [2.24, 2.45) is 5.73 Å². The first-order valence-corrected chi connectivity index (χ1v) is 12.5. The number of hydrogen-bond donors (Lipinski definition) is 2. The van der Waals surface area contributed by atoms with Gasteiger partial charge in [-0.05, 0) is 18.2 Å². The summed E-state index contributed by atoms with van der Waals surface area (Å²) in [6, 6.07) is 13.4. The number of esters is 1. The summed E-state index contributed by atoms with van der Waals surface area (Å²) >= 11 is 0. The lowest BCUT2D eigenvalue weighted by Crippen LogP contribution is -2.14. The van der Waals surface area contributed by atoms with Gasteiger partial charge in [0.2, 0.25) is 0 Å². The molecule has 0 heterocycles. The van der Waals surface area contributed by atoms with Gasteiger partial charge in [0.1, 0.15) is 53.3 Å². The molecule has 0 aliphatic carbocycles. The Labute approximate surface area is 233 Å². The van der Waals surface area contributed by atoms with Gasteiger partial charge in [-0.1, -0.05) is 6.07 Å². The Balaban J connectivity index is 1.55. The zero-order valence-corrected chi connectivity index (χ0v) is 23.1. The maximum Gasteiger partial charge on any atom is 0.342 e. The molecule has 0 radical (unpaired) electrons. The van der Waals surface area contributed by atoms with Crippen molar-refractivity contribution in [1.29, 1.82) is 0 Å². The number of carbonyl (C=O) groups excluding carboxylic acids is 1. The number of nitrogens with one attached hydrogen (secondary N) is 1. The summed E-state index contributed by atoms with van der Waals surface area (Å²) in [6.07, 6.45) is 0. The van der Waals surface area contributed by atoms with Crippen LogP contribution in [0, 0.1) is 5.82 Å². The number of ether oxygens (including phenoxy) is 7. The average Bonchev–Trinajstić information content (AvgIpc) is 2.98. The number of rotatable bonds is 16. The molecule has 0 spiro atoms. The quantitative estimate of drug-likeness (QED) is 0.196. The lowest BCUT2D eigenvalue weighted by atomic mass is 10.1. The third-order valence-corrected chi connectivity index (χ3v) is 5.89. The minimum absolute atomic E-state index is 0.155. The molecule has 3 rings (SSSR count). The van der Waals surface area contributed by atoms with Gasteiger partial charge in [0.25, 0.3) is 0 Å². The summed E-state index contributed by atoms with van der Waals surface area (Å²) in [4.78, 5) is 12.3. The minimum Gasteiger partial charge on any atom is -0.497 e. The third-order valence-electron chi connectivity index (χ3n) is 5.89. The van der Waals surface area contributed by atoms with E-state index >= 15 is 0 Å². The third kappa shape index (κ3) is 8.14. The Morgan fingerprint density at radius 3 is 2.05 bits per heavy atom. The normalized spacial score (nSPS) is 10.6. The Hall–Kier alpha value is -4.22. The molecule has 3 aromatic rings. The van der Waals surface area contributed by atoms with Crippen molar-refractivity contribution in [2.75, 3.05) is 60.2 Å². The van der Waals surface area contributed by atoms with E-state index in [0.29, 0.717) is 42.8 Å². The number of hydrogen-bond acceptors (Lipinski definition) is 10. The number of methoxy groups -OCH3 is 4. The van der Waals surface area contributed by atoms with Crippen molar-refractivity contribution in [1.82, 2.24) is 0 Å². The van der Waals surface area contributed by atoms with Gasteiger partial charge in [0.15, 0.2) is 0 Å². The number of nitrogens with two attached hydrogens (primary N) is 1. The fourth-order valence-corrected chi connectivity index (χ4v) is 3.82. The van der Waals surface area contributed by atoms with E-state index in [1.165, 1.54) is 20.3 Å². The summed E-state index contributed by atoms with van der Waals surface area (Å²) in [6.45, 7) is 1.64. The Bertz CT molecular complexity index is 1270. The van der Waals surface area contributed by atoms with Crippen LogP contribution in [0.1, 0.15) is 21.5 Å². The van der Waals surface area contributed by atoms with E-state index in [1.807, 2.05) is 18.2 Å². The monoisotopic (exact) mass is 558 g/mol. The average molecular weight is 559 g/mol. The number of benzene rings is 3. The van der Waals surface area contributed by atoms with Crippen LogP contribution in [0.3, 0.4) is 0 Å². The van der Waals surface area contributed by atoms with Crippen molar-refractivity contribution >= 4 is 11.7 Å². The van der Waals surface area contributed by atoms with Crippen LogP contribution >= 0.6 is 0 Å². The molecular formula is C29H35FN2O8. The van der Waals surface area contributed by atoms with Gasteiger partial charge in [0, 0.05) is 48.5 Å². The summed E-state index contributed by atoms with van der Waals surface area (Å²) in [5.74, 6) is 1.14. The standard InChI is InChI=1S/C29H35FN2O8/c1-34-21-7-6-20(27(15-21)36-3)18-32-25-14-23(13-24(30)28(25)29(33)37-4)40-12-10-38-9-11-39-22-8-5-19(17-31)26(16-22)35-2/h5-8,13-16,32H,9-12,17-18,31H2,1-4H3. The molecule has 0 saturated carbocycles. The second-order valence-corrected chi connectivity index (χ2v) is 8.34. The van der Waals surface area contributed by atoms with E-state index < -0.39 is 11.8 Å². The summed E-state index contributed by atoms with van der Waals surface area (Å²) in [7, 11) is 5.86. The zero-order chi connectivity index (χ0) is 28.9. The fourth-order valence-electron chi connectivity index (χ4n) is 3.82. The van der Waals surface area contributed by atoms with E-state index in [4.69, 9.17) is 38.9 Å². The van der Waals surface area contributed by atoms with Crippen molar-refractivity contribution in [3.63, 3.8) is 0 Å². The molecule has 0 atom stereocenters. The Morgan fingerprint density at radius 2 is 1.40 bits per heavy atom. The molecule has 0 amide bonds. The number of halogens is 1. The summed E-state index contributed by atoms with van der Waals surface area (Å²) in [5, 5.41) is 3.08. The molecule has 3 aromatic carbocycles. The highest BCUT2D eigenvalue weighted by Gasteiger charge is 2.20. The van der Waals surface area contributed by atoms with Crippen LogP contribution in [0.25, 0.3) is 0 Å². The van der Waals surface area contributed by atoms with Crippen LogP contribution in [-0.4, -0.2) is 60.8 Å². The number of anilines is 1. The van der Waals surface area contributed by atoms with Crippen LogP contribution in [0.2, 0.25) is 0 Å². The van der Waals surface area contributed by atoms with E-state index in [1.54, 1.807) is 32.4 Å². The maximum absolute atomic E-state index is 14.9. The Kier molecular flexibility index (Phi) is 11.7. The zero-order valence-electron chi connectivity index (χ0n) is 23.1. The molecule has 216 valence electrons. The molecule has 3 N–H and O–H groups in total. The summed E-state index contributed by atoms with van der Waals surface area (Å²) in [5.41, 5.74) is 7.33. The van der Waals surface area contributed by atoms with Gasteiger partial charge < -0.3 is 44.2 Å². The lowest BCUT2D eigenvalue weighted by molar-refractivity contribution is 0.0596. The van der Waals surface area contributed by atoms with E-state index in [0.717, 1.165) is 17.2 Å². The molecule has 0 bridgehead atoms. The molecule has 10 nitrogen and oxygen atoms in total. The topological polar surface area (TPSA) is 120 Å². The predicted octanol–water partition coefficient (Wildman–Crippen LogP) is 4.18. The van der Waals surface area contributed by atoms with Crippen LogP contribution < -0.4 is 34.7 Å². The number of carbonyl (C=O) groups is 1. The molecule has 40 heavy (non-hydrogen) atoms. The Morgan fingerprint density at radius 1 is 0.775 bits per heavy atom. The SMILES string of the molecule is COC(=O)c1c(F)cc(OCCOCCOc2ccc(CN)c(OC)c2)cc1NCc1ccc(OC)cc1OC. The van der Waals surface area contributed by atoms with Crippen LogP contribution in [0.5, 0.6) is 28.7 Å². The van der Waals surface area contributed by atoms with E-state index in [2.05, 4.69) is 5.32 Å². The first kappa shape index (κ1) is 30.3. The highest BCUT2D eigenvalue weighted by atomic mass is 19.1. The maximum atomic E-state index is 14.9. The van der Waals surface area contributed by atoms with Gasteiger partial charge in [-0.25, -0.2) is 9.18 Å². The van der Waals surface area contributed by atoms with Gasteiger partial charge >= 0.3 is 5.97 Å². The molecule has 0 fully saturated rings. The molecule has 0 aliphatic rings. The second kappa shape index (κ2) is 15.4. The first-order chi connectivity index (χ1) is 19.4. The van der Waals surface area contributed by atoms with Crippen molar-refractivity contribution in [3.8, 4) is 28.7 Å². The smallest absolute Gasteiger partial charge is 0.342 e. The van der Waals surface area contributed by atoms with Crippen molar-refractivity contribution in [2.45, 2.75) is 13.1 Å². The minimum atomic E-state index is -0.813.